The van der Waals surface area contributed by atoms with Crippen LogP contribution < -0.4 is 14.2 Å². The summed E-state index contributed by atoms with van der Waals surface area (Å²) >= 11 is 6.05. The van der Waals surface area contributed by atoms with E-state index < -0.39 is 0 Å². The van der Waals surface area contributed by atoms with Gasteiger partial charge in [-0.15, -0.1) is 0 Å². The first-order valence-electron chi connectivity index (χ1n) is 7.75. The zero-order chi connectivity index (χ0) is 18.6. The number of carbonyl (C=O) groups is 1. The highest BCUT2D eigenvalue weighted by atomic mass is 35.5. The van der Waals surface area contributed by atoms with Crippen molar-refractivity contribution < 1.29 is 19.0 Å². The van der Waals surface area contributed by atoms with Crippen molar-refractivity contribution in [1.82, 2.24) is 4.90 Å². The second-order valence-corrected chi connectivity index (χ2v) is 6.00. The lowest BCUT2D eigenvalue weighted by Gasteiger charge is -2.26. The molecule has 6 heteroatoms. The fourth-order valence-electron chi connectivity index (χ4n) is 2.57. The first kappa shape index (κ1) is 18.9. The molecule has 0 fully saturated rings. The number of carbonyl (C=O) groups excluding carboxylic acids is 1. The molecule has 1 unspecified atom stereocenters. The van der Waals surface area contributed by atoms with E-state index in [0.29, 0.717) is 27.8 Å². The van der Waals surface area contributed by atoms with Crippen molar-refractivity contribution in [3.05, 3.63) is 52.5 Å². The standard InChI is InChI=1S/C19H22ClNO4/c1-12(13-7-6-8-15(20)9-13)21(2)19(22)14-10-16(23-3)18(25-5)17(11-14)24-4/h6-12H,1-5H3. The molecule has 25 heavy (non-hydrogen) atoms. The van der Waals surface area contributed by atoms with Gasteiger partial charge in [-0.3, -0.25) is 4.79 Å². The normalized spacial score (nSPS) is 11.6. The summed E-state index contributed by atoms with van der Waals surface area (Å²) in [6.07, 6.45) is 0. The van der Waals surface area contributed by atoms with Crippen molar-refractivity contribution >= 4 is 17.5 Å². The first-order valence-corrected chi connectivity index (χ1v) is 8.13. The van der Waals surface area contributed by atoms with Crippen molar-refractivity contribution in [3.8, 4) is 17.2 Å². The third-order valence-electron chi connectivity index (χ3n) is 4.14. The van der Waals surface area contributed by atoms with Gasteiger partial charge in [0.25, 0.3) is 5.91 Å². The van der Waals surface area contributed by atoms with Crippen LogP contribution in [0.1, 0.15) is 28.9 Å². The van der Waals surface area contributed by atoms with Crippen LogP contribution in [0.5, 0.6) is 17.2 Å². The molecule has 1 atom stereocenters. The van der Waals surface area contributed by atoms with Crippen LogP contribution in [0.4, 0.5) is 0 Å². The smallest absolute Gasteiger partial charge is 0.254 e. The molecule has 2 aromatic carbocycles. The Labute approximate surface area is 153 Å². The van der Waals surface area contributed by atoms with Gasteiger partial charge in [-0.1, -0.05) is 23.7 Å². The summed E-state index contributed by atoms with van der Waals surface area (Å²) in [5.74, 6) is 1.17. The van der Waals surface area contributed by atoms with E-state index in [1.54, 1.807) is 30.1 Å². The van der Waals surface area contributed by atoms with Crippen LogP contribution in [-0.2, 0) is 0 Å². The number of amides is 1. The zero-order valence-electron chi connectivity index (χ0n) is 15.0. The number of nitrogens with zero attached hydrogens (tertiary/aromatic N) is 1. The van der Waals surface area contributed by atoms with Crippen molar-refractivity contribution in [2.45, 2.75) is 13.0 Å². The summed E-state index contributed by atoms with van der Waals surface area (Å²) < 4.78 is 15.9. The van der Waals surface area contributed by atoms with Gasteiger partial charge in [0.1, 0.15) is 0 Å². The lowest BCUT2D eigenvalue weighted by Crippen LogP contribution is -2.29. The number of hydrogen-bond acceptors (Lipinski definition) is 4. The third kappa shape index (κ3) is 3.99. The monoisotopic (exact) mass is 363 g/mol. The van der Waals surface area contributed by atoms with E-state index in [2.05, 4.69) is 0 Å². The van der Waals surface area contributed by atoms with Gasteiger partial charge in [0, 0.05) is 17.6 Å². The fraction of sp³-hybridized carbons (Fsp3) is 0.316. The molecular formula is C19H22ClNO4. The van der Waals surface area contributed by atoms with E-state index in [9.17, 15) is 4.79 Å². The highest BCUT2D eigenvalue weighted by Gasteiger charge is 2.23. The van der Waals surface area contributed by atoms with Crippen LogP contribution in [0.2, 0.25) is 5.02 Å². The highest BCUT2D eigenvalue weighted by molar-refractivity contribution is 6.30. The number of halogens is 1. The average Bonchev–Trinajstić information content (AvgIpc) is 2.64. The van der Waals surface area contributed by atoms with E-state index in [4.69, 9.17) is 25.8 Å². The van der Waals surface area contributed by atoms with Crippen molar-refractivity contribution in [1.29, 1.82) is 0 Å². The second kappa shape index (κ2) is 8.12. The van der Waals surface area contributed by atoms with Crippen LogP contribution in [0, 0.1) is 0 Å². The molecule has 2 aromatic rings. The summed E-state index contributed by atoms with van der Waals surface area (Å²) in [7, 11) is 6.31. The molecule has 134 valence electrons. The third-order valence-corrected chi connectivity index (χ3v) is 4.38. The number of benzene rings is 2. The molecule has 0 aromatic heterocycles. The van der Waals surface area contributed by atoms with Gasteiger partial charge < -0.3 is 19.1 Å². The van der Waals surface area contributed by atoms with E-state index >= 15 is 0 Å². The quantitative estimate of drug-likeness (QED) is 0.771. The minimum absolute atomic E-state index is 0.148. The molecule has 5 nitrogen and oxygen atoms in total. The van der Waals surface area contributed by atoms with Gasteiger partial charge >= 0.3 is 0 Å². The number of ether oxygens (including phenoxy) is 3. The second-order valence-electron chi connectivity index (χ2n) is 5.56. The minimum atomic E-state index is -0.160. The van der Waals surface area contributed by atoms with Crippen LogP contribution in [-0.4, -0.2) is 39.2 Å². The lowest BCUT2D eigenvalue weighted by molar-refractivity contribution is 0.0741. The maximum absolute atomic E-state index is 12.9. The SMILES string of the molecule is COc1cc(C(=O)N(C)C(C)c2cccc(Cl)c2)cc(OC)c1OC. The predicted octanol–water partition coefficient (Wildman–Crippen LogP) is 4.20. The molecule has 0 spiro atoms. The molecule has 0 heterocycles. The van der Waals surface area contributed by atoms with Gasteiger partial charge in [0.2, 0.25) is 5.75 Å². The Morgan fingerprint density at radius 1 is 1.04 bits per heavy atom. The maximum atomic E-state index is 12.9. The first-order chi connectivity index (χ1) is 11.9. The van der Waals surface area contributed by atoms with E-state index in [1.165, 1.54) is 21.3 Å². The lowest BCUT2D eigenvalue weighted by atomic mass is 10.1. The fourth-order valence-corrected chi connectivity index (χ4v) is 2.77. The summed E-state index contributed by atoms with van der Waals surface area (Å²) in [6, 6.07) is 10.6. The highest BCUT2D eigenvalue weighted by Crippen LogP contribution is 2.38. The molecular weight excluding hydrogens is 342 g/mol. The zero-order valence-corrected chi connectivity index (χ0v) is 15.8. The summed E-state index contributed by atoms with van der Waals surface area (Å²) in [5.41, 5.74) is 1.40. The van der Waals surface area contributed by atoms with Gasteiger partial charge in [0.05, 0.1) is 27.4 Å². The van der Waals surface area contributed by atoms with Gasteiger partial charge in [-0.25, -0.2) is 0 Å². The van der Waals surface area contributed by atoms with Gasteiger partial charge in [-0.2, -0.15) is 0 Å². The average molecular weight is 364 g/mol. The topological polar surface area (TPSA) is 48.0 Å². The van der Waals surface area contributed by atoms with Crippen LogP contribution in [0.15, 0.2) is 36.4 Å². The summed E-state index contributed by atoms with van der Waals surface area (Å²) in [6.45, 7) is 1.95. The Kier molecular flexibility index (Phi) is 6.15. The molecule has 0 N–H and O–H groups in total. The van der Waals surface area contributed by atoms with E-state index in [-0.39, 0.29) is 11.9 Å². The van der Waals surface area contributed by atoms with Gasteiger partial charge in [-0.05, 0) is 36.8 Å². The van der Waals surface area contributed by atoms with Gasteiger partial charge in [0.15, 0.2) is 11.5 Å². The van der Waals surface area contributed by atoms with E-state index in [0.717, 1.165) is 5.56 Å². The molecule has 0 saturated carbocycles. The Morgan fingerprint density at radius 3 is 2.12 bits per heavy atom. The Hall–Kier alpha value is -2.40. The van der Waals surface area contributed by atoms with Crippen molar-refractivity contribution in [2.75, 3.05) is 28.4 Å². The number of methoxy groups -OCH3 is 3. The Balaban J connectivity index is 2.36. The largest absolute Gasteiger partial charge is 0.493 e. The minimum Gasteiger partial charge on any atom is -0.493 e. The Bertz CT molecular complexity index is 738. The molecule has 2 rings (SSSR count). The molecule has 0 saturated heterocycles. The van der Waals surface area contributed by atoms with Crippen molar-refractivity contribution in [3.63, 3.8) is 0 Å². The van der Waals surface area contributed by atoms with Crippen molar-refractivity contribution in [2.24, 2.45) is 0 Å². The predicted molar refractivity (Wildman–Crippen MR) is 98.1 cm³/mol. The molecule has 0 radical (unpaired) electrons. The van der Waals surface area contributed by atoms with Crippen LogP contribution in [0.25, 0.3) is 0 Å². The molecule has 0 aliphatic rings. The molecule has 0 aliphatic carbocycles. The Morgan fingerprint density at radius 2 is 1.64 bits per heavy atom. The van der Waals surface area contributed by atoms with Crippen LogP contribution in [0.3, 0.4) is 0 Å². The molecule has 1 amide bonds. The molecule has 0 aliphatic heterocycles. The maximum Gasteiger partial charge on any atom is 0.254 e. The summed E-state index contributed by atoms with van der Waals surface area (Å²) in [4.78, 5) is 14.6. The van der Waals surface area contributed by atoms with Crippen LogP contribution >= 0.6 is 11.6 Å². The van der Waals surface area contributed by atoms with E-state index in [1.807, 2.05) is 25.1 Å². The number of rotatable bonds is 6. The molecule has 0 bridgehead atoms. The summed E-state index contributed by atoms with van der Waals surface area (Å²) in [5, 5.41) is 0.637. The number of hydrogen-bond donors (Lipinski definition) is 0.